The second-order valence-corrected chi connectivity index (χ2v) is 7.23. The molecule has 0 bridgehead atoms. The van der Waals surface area contributed by atoms with Gasteiger partial charge in [0, 0.05) is 17.6 Å². The summed E-state index contributed by atoms with van der Waals surface area (Å²) in [5.41, 5.74) is -0.0872. The van der Waals surface area contributed by atoms with E-state index < -0.39 is 0 Å². The van der Waals surface area contributed by atoms with Crippen molar-refractivity contribution in [1.82, 2.24) is 15.1 Å². The minimum absolute atomic E-state index is 0.0872. The van der Waals surface area contributed by atoms with Gasteiger partial charge in [0.1, 0.15) is 0 Å². The van der Waals surface area contributed by atoms with Crippen LogP contribution in [0.15, 0.2) is 0 Å². The SMILES string of the molecule is CCC(CO)(CCCN1CCC(N(C)C)CC1)NC(C)C. The highest BCUT2D eigenvalue weighted by Gasteiger charge is 2.28. The molecule has 2 N–H and O–H groups in total. The van der Waals surface area contributed by atoms with Crippen LogP contribution in [0.25, 0.3) is 0 Å². The van der Waals surface area contributed by atoms with Crippen LogP contribution in [0.1, 0.15) is 52.9 Å². The second-order valence-electron chi connectivity index (χ2n) is 7.23. The maximum atomic E-state index is 9.78. The summed E-state index contributed by atoms with van der Waals surface area (Å²) >= 11 is 0. The summed E-state index contributed by atoms with van der Waals surface area (Å²) in [6, 6.07) is 1.18. The number of hydrogen-bond donors (Lipinski definition) is 2. The predicted octanol–water partition coefficient (Wildman–Crippen LogP) is 1.93. The van der Waals surface area contributed by atoms with E-state index >= 15 is 0 Å². The monoisotopic (exact) mass is 299 g/mol. The average molecular weight is 300 g/mol. The van der Waals surface area contributed by atoms with Crippen molar-refractivity contribution in [3.8, 4) is 0 Å². The standard InChI is InChI=1S/C17H37N3O/c1-6-17(14-21,18-15(2)3)10-7-11-20-12-8-16(9-13-20)19(4)5/h15-16,18,21H,6-14H2,1-5H3. The summed E-state index contributed by atoms with van der Waals surface area (Å²) in [4.78, 5) is 4.95. The summed E-state index contributed by atoms with van der Waals surface area (Å²) in [6.45, 7) is 10.3. The molecule has 4 nitrogen and oxygen atoms in total. The molecule has 1 aliphatic heterocycles. The van der Waals surface area contributed by atoms with Gasteiger partial charge in [-0.3, -0.25) is 0 Å². The molecule has 0 spiro atoms. The molecule has 1 heterocycles. The van der Waals surface area contributed by atoms with Gasteiger partial charge in [-0.05, 0) is 65.8 Å². The Kier molecular flexibility index (Phi) is 8.17. The fourth-order valence-corrected chi connectivity index (χ4v) is 3.50. The average Bonchev–Trinajstić information content (AvgIpc) is 2.46. The Morgan fingerprint density at radius 1 is 1.29 bits per heavy atom. The van der Waals surface area contributed by atoms with E-state index in [0.717, 1.165) is 18.9 Å². The first-order valence-corrected chi connectivity index (χ1v) is 8.70. The van der Waals surface area contributed by atoms with E-state index in [0.29, 0.717) is 6.04 Å². The van der Waals surface area contributed by atoms with Crippen molar-refractivity contribution in [1.29, 1.82) is 0 Å². The van der Waals surface area contributed by atoms with Crippen molar-refractivity contribution >= 4 is 0 Å². The number of hydrogen-bond acceptors (Lipinski definition) is 4. The number of nitrogens with one attached hydrogen (secondary N) is 1. The highest BCUT2D eigenvalue weighted by molar-refractivity contribution is 4.88. The Bertz CT molecular complexity index is 269. The van der Waals surface area contributed by atoms with Gasteiger partial charge in [-0.25, -0.2) is 0 Å². The van der Waals surface area contributed by atoms with Gasteiger partial charge < -0.3 is 20.2 Å². The summed E-state index contributed by atoms with van der Waals surface area (Å²) in [5.74, 6) is 0. The smallest absolute Gasteiger partial charge is 0.0613 e. The van der Waals surface area contributed by atoms with E-state index in [2.05, 4.69) is 50.0 Å². The molecule has 0 aromatic rings. The zero-order valence-corrected chi connectivity index (χ0v) is 14.9. The molecular formula is C17H37N3O. The third-order valence-electron chi connectivity index (χ3n) is 4.99. The second kappa shape index (κ2) is 9.09. The third kappa shape index (κ3) is 6.23. The minimum atomic E-state index is -0.0872. The first-order valence-electron chi connectivity index (χ1n) is 8.70. The molecule has 0 amide bonds. The summed E-state index contributed by atoms with van der Waals surface area (Å²) in [7, 11) is 4.38. The van der Waals surface area contributed by atoms with Crippen molar-refractivity contribution in [3.63, 3.8) is 0 Å². The number of likely N-dealkylation sites (tertiary alicyclic amines) is 1. The maximum absolute atomic E-state index is 9.78. The van der Waals surface area contributed by atoms with Crippen LogP contribution in [0.4, 0.5) is 0 Å². The lowest BCUT2D eigenvalue weighted by Crippen LogP contribution is -2.51. The number of nitrogens with zero attached hydrogens (tertiary/aromatic N) is 2. The highest BCUT2D eigenvalue weighted by Crippen LogP contribution is 2.20. The van der Waals surface area contributed by atoms with Crippen LogP contribution in [0.2, 0.25) is 0 Å². The van der Waals surface area contributed by atoms with E-state index in [9.17, 15) is 5.11 Å². The summed E-state index contributed by atoms with van der Waals surface area (Å²) in [5, 5.41) is 13.4. The number of aliphatic hydroxyl groups excluding tert-OH is 1. The summed E-state index contributed by atoms with van der Waals surface area (Å²) in [6.07, 6.45) is 5.79. The lowest BCUT2D eigenvalue weighted by Gasteiger charge is -2.37. The molecule has 0 aliphatic carbocycles. The molecule has 1 saturated heterocycles. The van der Waals surface area contributed by atoms with E-state index in [-0.39, 0.29) is 12.1 Å². The Balaban J connectivity index is 2.32. The zero-order valence-electron chi connectivity index (χ0n) is 14.9. The molecule has 1 unspecified atom stereocenters. The molecule has 126 valence electrons. The van der Waals surface area contributed by atoms with Gasteiger partial charge in [0.2, 0.25) is 0 Å². The van der Waals surface area contributed by atoms with E-state index in [1.807, 2.05) is 0 Å². The highest BCUT2D eigenvalue weighted by atomic mass is 16.3. The van der Waals surface area contributed by atoms with Gasteiger partial charge >= 0.3 is 0 Å². The van der Waals surface area contributed by atoms with Gasteiger partial charge in [0.05, 0.1) is 6.61 Å². The van der Waals surface area contributed by atoms with Crippen molar-refractivity contribution in [2.45, 2.75) is 70.5 Å². The van der Waals surface area contributed by atoms with Gasteiger partial charge in [-0.2, -0.15) is 0 Å². The van der Waals surface area contributed by atoms with Crippen LogP contribution in [0.5, 0.6) is 0 Å². The van der Waals surface area contributed by atoms with Crippen LogP contribution < -0.4 is 5.32 Å². The van der Waals surface area contributed by atoms with E-state index in [1.54, 1.807) is 0 Å². The van der Waals surface area contributed by atoms with Gasteiger partial charge in [0.25, 0.3) is 0 Å². The molecule has 0 radical (unpaired) electrons. The Morgan fingerprint density at radius 2 is 1.90 bits per heavy atom. The van der Waals surface area contributed by atoms with Crippen molar-refractivity contribution in [3.05, 3.63) is 0 Å². The number of aliphatic hydroxyl groups is 1. The molecular weight excluding hydrogens is 262 g/mol. The third-order valence-corrected chi connectivity index (χ3v) is 4.99. The van der Waals surface area contributed by atoms with Crippen molar-refractivity contribution < 1.29 is 5.11 Å². The predicted molar refractivity (Wildman–Crippen MR) is 90.8 cm³/mol. The fraction of sp³-hybridized carbons (Fsp3) is 1.00. The summed E-state index contributed by atoms with van der Waals surface area (Å²) < 4.78 is 0. The van der Waals surface area contributed by atoms with Gasteiger partial charge in [-0.1, -0.05) is 20.8 Å². The molecule has 21 heavy (non-hydrogen) atoms. The topological polar surface area (TPSA) is 38.7 Å². The van der Waals surface area contributed by atoms with E-state index in [1.165, 1.54) is 38.9 Å². The molecule has 4 heteroatoms. The van der Waals surface area contributed by atoms with Crippen LogP contribution in [0, 0.1) is 0 Å². The van der Waals surface area contributed by atoms with Gasteiger partial charge in [-0.15, -0.1) is 0 Å². The molecule has 1 rings (SSSR count). The zero-order chi connectivity index (χ0) is 15.9. The molecule has 0 aromatic carbocycles. The molecule has 1 fully saturated rings. The minimum Gasteiger partial charge on any atom is -0.394 e. The number of piperidine rings is 1. The first-order chi connectivity index (χ1) is 9.92. The van der Waals surface area contributed by atoms with Crippen LogP contribution >= 0.6 is 0 Å². The largest absolute Gasteiger partial charge is 0.394 e. The van der Waals surface area contributed by atoms with Crippen molar-refractivity contribution in [2.24, 2.45) is 0 Å². The normalized spacial score (nSPS) is 21.1. The molecule has 0 aromatic heterocycles. The quantitative estimate of drug-likeness (QED) is 0.682. The van der Waals surface area contributed by atoms with E-state index in [4.69, 9.17) is 0 Å². The molecule has 1 atom stereocenters. The Hall–Kier alpha value is -0.160. The molecule has 1 aliphatic rings. The lowest BCUT2D eigenvalue weighted by atomic mass is 9.90. The molecule has 0 saturated carbocycles. The van der Waals surface area contributed by atoms with Crippen molar-refractivity contribution in [2.75, 3.05) is 40.3 Å². The maximum Gasteiger partial charge on any atom is 0.0613 e. The van der Waals surface area contributed by atoms with Gasteiger partial charge in [0.15, 0.2) is 0 Å². The van der Waals surface area contributed by atoms with Crippen LogP contribution in [-0.4, -0.2) is 72.9 Å². The first kappa shape index (κ1) is 18.9. The Labute approximate surface area is 131 Å². The fourth-order valence-electron chi connectivity index (χ4n) is 3.50. The van der Waals surface area contributed by atoms with Crippen LogP contribution in [0.3, 0.4) is 0 Å². The number of rotatable bonds is 9. The van der Waals surface area contributed by atoms with Crippen LogP contribution in [-0.2, 0) is 0 Å². The Morgan fingerprint density at radius 3 is 2.33 bits per heavy atom. The lowest BCUT2D eigenvalue weighted by molar-refractivity contribution is 0.117.